The topological polar surface area (TPSA) is 75.3 Å². The van der Waals surface area contributed by atoms with Crippen LogP contribution in [0.2, 0.25) is 0 Å². The van der Waals surface area contributed by atoms with Crippen LogP contribution in [0.1, 0.15) is 32.6 Å². The number of nitrogens with one attached hydrogen (secondary N) is 2. The molecule has 1 fully saturated rings. The van der Waals surface area contributed by atoms with Gasteiger partial charge in [-0.1, -0.05) is 19.8 Å². The van der Waals surface area contributed by atoms with Crippen LogP contribution >= 0.6 is 0 Å². The molecule has 6 heteroatoms. The zero-order valence-corrected chi connectivity index (χ0v) is 11.2. The summed E-state index contributed by atoms with van der Waals surface area (Å²) in [6.07, 6.45) is 3.94. The monoisotopic (exact) mass is 262 g/mol. The molecule has 1 aliphatic rings. The first kappa shape index (κ1) is 14.4. The second-order valence-corrected chi connectivity index (χ2v) is 6.78. The minimum absolute atomic E-state index is 0.0918. The molecule has 0 aromatic rings. The van der Waals surface area contributed by atoms with Crippen LogP contribution in [0.25, 0.3) is 0 Å². The van der Waals surface area contributed by atoms with Crippen LogP contribution in [-0.2, 0) is 14.6 Å². The van der Waals surface area contributed by atoms with E-state index in [9.17, 15) is 13.2 Å². The van der Waals surface area contributed by atoms with Gasteiger partial charge in [0.1, 0.15) is 0 Å². The highest BCUT2D eigenvalue weighted by atomic mass is 32.2. The Morgan fingerprint density at radius 1 is 1.35 bits per heavy atom. The van der Waals surface area contributed by atoms with E-state index in [1.54, 1.807) is 0 Å². The molecule has 0 aromatic heterocycles. The fourth-order valence-electron chi connectivity index (χ4n) is 1.89. The summed E-state index contributed by atoms with van der Waals surface area (Å²) in [7, 11) is -2.91. The Bertz CT molecular complexity index is 341. The summed E-state index contributed by atoms with van der Waals surface area (Å²) in [6.45, 7) is 3.25. The molecular weight excluding hydrogens is 240 g/mol. The summed E-state index contributed by atoms with van der Waals surface area (Å²) in [5.41, 5.74) is 0. The minimum Gasteiger partial charge on any atom is -0.351 e. The van der Waals surface area contributed by atoms with E-state index in [0.29, 0.717) is 6.42 Å². The summed E-state index contributed by atoms with van der Waals surface area (Å²) < 4.78 is 22.4. The van der Waals surface area contributed by atoms with Crippen molar-refractivity contribution in [1.29, 1.82) is 0 Å². The molecule has 1 unspecified atom stereocenters. The van der Waals surface area contributed by atoms with Crippen molar-refractivity contribution in [1.82, 2.24) is 10.6 Å². The number of amides is 1. The summed E-state index contributed by atoms with van der Waals surface area (Å²) in [5, 5.41) is 5.80. The highest BCUT2D eigenvalue weighted by molar-refractivity contribution is 7.91. The molecule has 1 aliphatic heterocycles. The van der Waals surface area contributed by atoms with Gasteiger partial charge in [0.05, 0.1) is 18.1 Å². The molecule has 0 bridgehead atoms. The third-order valence-corrected chi connectivity index (χ3v) is 4.61. The predicted octanol–water partition coefficient (Wildman–Crippen LogP) is 0.0695. The number of hydrogen-bond acceptors (Lipinski definition) is 4. The normalized spacial score (nSPS) is 22.5. The van der Waals surface area contributed by atoms with Crippen molar-refractivity contribution < 1.29 is 13.2 Å². The van der Waals surface area contributed by atoms with Crippen molar-refractivity contribution in [3.05, 3.63) is 0 Å². The molecule has 1 heterocycles. The van der Waals surface area contributed by atoms with E-state index >= 15 is 0 Å². The van der Waals surface area contributed by atoms with Gasteiger partial charge in [0.2, 0.25) is 5.91 Å². The highest BCUT2D eigenvalue weighted by Gasteiger charge is 2.28. The van der Waals surface area contributed by atoms with Gasteiger partial charge in [0, 0.05) is 6.04 Å². The molecule has 0 spiro atoms. The molecule has 1 saturated heterocycles. The summed E-state index contributed by atoms with van der Waals surface area (Å²) >= 11 is 0. The van der Waals surface area contributed by atoms with Crippen molar-refractivity contribution in [2.24, 2.45) is 0 Å². The molecule has 100 valence electrons. The van der Waals surface area contributed by atoms with Gasteiger partial charge in [-0.25, -0.2) is 8.42 Å². The molecule has 1 rings (SSSR count). The Morgan fingerprint density at radius 2 is 2.12 bits per heavy atom. The number of unbranched alkanes of at least 4 members (excludes halogenated alkanes) is 2. The number of carbonyl (C=O) groups excluding carboxylic acids is 1. The quantitative estimate of drug-likeness (QED) is 0.637. The third kappa shape index (κ3) is 6.02. The van der Waals surface area contributed by atoms with Crippen molar-refractivity contribution in [3.63, 3.8) is 0 Å². The van der Waals surface area contributed by atoms with Crippen molar-refractivity contribution in [3.8, 4) is 0 Å². The smallest absolute Gasteiger partial charge is 0.234 e. The first-order valence-electron chi connectivity index (χ1n) is 6.24. The molecule has 0 aromatic carbocycles. The Labute approximate surface area is 103 Å². The minimum atomic E-state index is -2.91. The third-order valence-electron chi connectivity index (χ3n) is 2.84. The van der Waals surface area contributed by atoms with E-state index in [1.807, 2.05) is 0 Å². The van der Waals surface area contributed by atoms with Gasteiger partial charge in [-0.15, -0.1) is 0 Å². The van der Waals surface area contributed by atoms with Crippen molar-refractivity contribution >= 4 is 15.7 Å². The Hall–Kier alpha value is -0.620. The summed E-state index contributed by atoms with van der Waals surface area (Å²) in [5.74, 6) is 0.180. The van der Waals surface area contributed by atoms with Gasteiger partial charge in [0.15, 0.2) is 9.84 Å². The molecule has 0 saturated carbocycles. The average molecular weight is 262 g/mol. The van der Waals surface area contributed by atoms with Gasteiger partial charge in [-0.05, 0) is 19.4 Å². The summed E-state index contributed by atoms with van der Waals surface area (Å²) in [4.78, 5) is 11.5. The lowest BCUT2D eigenvalue weighted by Crippen LogP contribution is -2.41. The van der Waals surface area contributed by atoms with Crippen molar-refractivity contribution in [2.45, 2.75) is 38.6 Å². The molecule has 17 heavy (non-hydrogen) atoms. The van der Waals surface area contributed by atoms with Crippen LogP contribution in [0.3, 0.4) is 0 Å². The Kier molecular flexibility index (Phi) is 5.91. The van der Waals surface area contributed by atoms with Gasteiger partial charge in [0.25, 0.3) is 0 Å². The molecule has 1 amide bonds. The van der Waals surface area contributed by atoms with Gasteiger partial charge < -0.3 is 10.6 Å². The predicted molar refractivity (Wildman–Crippen MR) is 67.6 cm³/mol. The summed E-state index contributed by atoms with van der Waals surface area (Å²) in [6, 6.07) is -0.190. The second-order valence-electron chi connectivity index (χ2n) is 4.55. The van der Waals surface area contributed by atoms with E-state index in [4.69, 9.17) is 0 Å². The van der Waals surface area contributed by atoms with Crippen LogP contribution in [0.4, 0.5) is 0 Å². The van der Waals surface area contributed by atoms with Crippen LogP contribution in [0, 0.1) is 0 Å². The van der Waals surface area contributed by atoms with Crippen LogP contribution in [-0.4, -0.2) is 45.0 Å². The maximum absolute atomic E-state index is 11.5. The van der Waals surface area contributed by atoms with E-state index in [1.165, 1.54) is 0 Å². The maximum Gasteiger partial charge on any atom is 0.234 e. The largest absolute Gasteiger partial charge is 0.351 e. The molecule has 1 atom stereocenters. The van der Waals surface area contributed by atoms with E-state index in [2.05, 4.69) is 17.6 Å². The number of sulfone groups is 1. The highest BCUT2D eigenvalue weighted by Crippen LogP contribution is 2.10. The number of carbonyl (C=O) groups is 1. The zero-order valence-electron chi connectivity index (χ0n) is 10.4. The zero-order chi connectivity index (χ0) is 12.7. The standard InChI is InChI=1S/C11H22N2O3S/c1-2-3-4-6-12-8-11(14)13-10-5-7-17(15,16)9-10/h10,12H,2-9H2,1H3,(H,13,14). The fourth-order valence-corrected chi connectivity index (χ4v) is 3.56. The number of hydrogen-bond donors (Lipinski definition) is 2. The average Bonchev–Trinajstić information content (AvgIpc) is 2.57. The van der Waals surface area contributed by atoms with Crippen molar-refractivity contribution in [2.75, 3.05) is 24.6 Å². The molecule has 0 radical (unpaired) electrons. The SMILES string of the molecule is CCCCCNCC(=O)NC1CCS(=O)(=O)C1. The van der Waals surface area contributed by atoms with E-state index < -0.39 is 9.84 Å². The second kappa shape index (κ2) is 6.96. The van der Waals surface area contributed by atoms with Gasteiger partial charge >= 0.3 is 0 Å². The first-order valence-corrected chi connectivity index (χ1v) is 8.06. The number of rotatable bonds is 7. The van der Waals surface area contributed by atoms with Crippen LogP contribution < -0.4 is 10.6 Å². The van der Waals surface area contributed by atoms with Gasteiger partial charge in [-0.2, -0.15) is 0 Å². The maximum atomic E-state index is 11.5. The van der Waals surface area contributed by atoms with Crippen LogP contribution in [0.5, 0.6) is 0 Å². The lowest BCUT2D eigenvalue weighted by Gasteiger charge is -2.11. The molecule has 0 aliphatic carbocycles. The van der Waals surface area contributed by atoms with Crippen LogP contribution in [0.15, 0.2) is 0 Å². The Balaban J connectivity index is 2.09. The lowest BCUT2D eigenvalue weighted by atomic mass is 10.2. The van der Waals surface area contributed by atoms with Gasteiger partial charge in [-0.3, -0.25) is 4.79 Å². The lowest BCUT2D eigenvalue weighted by molar-refractivity contribution is -0.120. The van der Waals surface area contributed by atoms with E-state index in [0.717, 1.165) is 25.8 Å². The first-order chi connectivity index (χ1) is 8.03. The Morgan fingerprint density at radius 3 is 2.71 bits per heavy atom. The van der Waals surface area contributed by atoms with E-state index in [-0.39, 0.29) is 30.0 Å². The molecular formula is C11H22N2O3S. The fraction of sp³-hybridized carbons (Fsp3) is 0.909. The molecule has 2 N–H and O–H groups in total. The molecule has 5 nitrogen and oxygen atoms in total.